The van der Waals surface area contributed by atoms with Crippen LogP contribution in [-0.4, -0.2) is 18.5 Å². The van der Waals surface area contributed by atoms with Gasteiger partial charge in [0.2, 0.25) is 0 Å². The molecule has 1 aliphatic carbocycles. The summed E-state index contributed by atoms with van der Waals surface area (Å²) < 4.78 is 0. The van der Waals surface area contributed by atoms with Crippen molar-refractivity contribution in [2.75, 3.05) is 19.3 Å². The molecule has 15 heavy (non-hydrogen) atoms. The molecule has 0 unspecified atom stereocenters. The minimum absolute atomic E-state index is 0.847. The third kappa shape index (κ3) is 3.56. The van der Waals surface area contributed by atoms with Crippen molar-refractivity contribution in [3.05, 3.63) is 29.8 Å². The summed E-state index contributed by atoms with van der Waals surface area (Å²) in [5, 5.41) is 0. The maximum atomic E-state index is 5.65. The molecule has 1 fully saturated rings. The van der Waals surface area contributed by atoms with E-state index in [0.717, 1.165) is 18.2 Å². The van der Waals surface area contributed by atoms with Crippen LogP contribution >= 0.6 is 0 Å². The number of benzene rings is 1. The molecule has 0 atom stereocenters. The summed E-state index contributed by atoms with van der Waals surface area (Å²) >= 11 is 0. The standard InChI is InChI=1S/C13H20N2/c1-15(9-8-11-2-3-11)10-12-4-6-13(14)7-5-12/h4-7,11H,2-3,8-10,14H2,1H3. The molecule has 0 spiro atoms. The number of rotatable bonds is 5. The van der Waals surface area contributed by atoms with Gasteiger partial charge in [0.05, 0.1) is 0 Å². The van der Waals surface area contributed by atoms with Gasteiger partial charge in [-0.15, -0.1) is 0 Å². The molecule has 1 saturated carbocycles. The maximum absolute atomic E-state index is 5.65. The fraction of sp³-hybridized carbons (Fsp3) is 0.538. The Balaban J connectivity index is 1.76. The Kier molecular flexibility index (Phi) is 3.27. The number of hydrogen-bond donors (Lipinski definition) is 1. The molecule has 0 aromatic heterocycles. The first-order chi connectivity index (χ1) is 7.24. The lowest BCUT2D eigenvalue weighted by molar-refractivity contribution is 0.315. The summed E-state index contributed by atoms with van der Waals surface area (Å²) in [5.41, 5.74) is 7.85. The Bertz CT molecular complexity index is 301. The zero-order valence-corrected chi connectivity index (χ0v) is 9.45. The summed E-state index contributed by atoms with van der Waals surface area (Å²) in [6.45, 7) is 2.25. The van der Waals surface area contributed by atoms with Crippen LogP contribution in [0, 0.1) is 5.92 Å². The summed E-state index contributed by atoms with van der Waals surface area (Å²) in [4.78, 5) is 2.39. The quantitative estimate of drug-likeness (QED) is 0.747. The molecule has 82 valence electrons. The monoisotopic (exact) mass is 204 g/mol. The van der Waals surface area contributed by atoms with Gasteiger partial charge in [0, 0.05) is 12.2 Å². The Morgan fingerprint density at radius 1 is 1.27 bits per heavy atom. The van der Waals surface area contributed by atoms with E-state index in [1.54, 1.807) is 0 Å². The third-order valence-corrected chi connectivity index (χ3v) is 3.05. The number of nitrogens with zero attached hydrogens (tertiary/aromatic N) is 1. The molecule has 0 amide bonds. The predicted molar refractivity (Wildman–Crippen MR) is 64.5 cm³/mol. The largest absolute Gasteiger partial charge is 0.399 e. The molecule has 0 heterocycles. The summed E-state index contributed by atoms with van der Waals surface area (Å²) in [5.74, 6) is 1.03. The van der Waals surface area contributed by atoms with Gasteiger partial charge in [0.1, 0.15) is 0 Å². The van der Waals surface area contributed by atoms with E-state index in [0.29, 0.717) is 0 Å². The zero-order valence-electron chi connectivity index (χ0n) is 9.45. The van der Waals surface area contributed by atoms with Crippen molar-refractivity contribution in [1.82, 2.24) is 4.90 Å². The normalized spacial score (nSPS) is 15.9. The highest BCUT2D eigenvalue weighted by Crippen LogP contribution is 2.32. The first kappa shape index (κ1) is 10.5. The predicted octanol–water partition coefficient (Wildman–Crippen LogP) is 2.50. The summed E-state index contributed by atoms with van der Waals surface area (Å²) in [6, 6.07) is 8.18. The van der Waals surface area contributed by atoms with Crippen LogP contribution in [0.25, 0.3) is 0 Å². The number of hydrogen-bond acceptors (Lipinski definition) is 2. The number of nitrogens with two attached hydrogens (primary N) is 1. The van der Waals surface area contributed by atoms with Crippen LogP contribution in [0.5, 0.6) is 0 Å². The Morgan fingerprint density at radius 3 is 2.53 bits per heavy atom. The van der Waals surface area contributed by atoms with E-state index < -0.39 is 0 Å². The molecule has 1 aliphatic rings. The highest BCUT2D eigenvalue weighted by molar-refractivity contribution is 5.39. The lowest BCUT2D eigenvalue weighted by atomic mass is 10.2. The molecule has 2 N–H and O–H groups in total. The average molecular weight is 204 g/mol. The van der Waals surface area contributed by atoms with E-state index in [1.807, 2.05) is 12.1 Å². The topological polar surface area (TPSA) is 29.3 Å². The molecule has 0 saturated heterocycles. The Labute approximate surface area is 92.1 Å². The van der Waals surface area contributed by atoms with Gasteiger partial charge in [-0.3, -0.25) is 0 Å². The van der Waals surface area contributed by atoms with Crippen molar-refractivity contribution in [2.45, 2.75) is 25.8 Å². The van der Waals surface area contributed by atoms with Crippen LogP contribution in [0.1, 0.15) is 24.8 Å². The van der Waals surface area contributed by atoms with Crippen molar-refractivity contribution >= 4 is 5.69 Å². The lowest BCUT2D eigenvalue weighted by Gasteiger charge is -2.16. The molecule has 1 aromatic rings. The second-order valence-corrected chi connectivity index (χ2v) is 4.71. The molecule has 0 aliphatic heterocycles. The molecule has 1 aromatic carbocycles. The SMILES string of the molecule is CN(CCC1CC1)Cc1ccc(N)cc1. The van der Waals surface area contributed by atoms with Gasteiger partial charge in [0.15, 0.2) is 0 Å². The second kappa shape index (κ2) is 4.67. The van der Waals surface area contributed by atoms with Crippen molar-refractivity contribution in [3.8, 4) is 0 Å². The average Bonchev–Trinajstić information content (AvgIpc) is 3.02. The molecule has 0 bridgehead atoms. The van der Waals surface area contributed by atoms with E-state index >= 15 is 0 Å². The molecular weight excluding hydrogens is 184 g/mol. The fourth-order valence-corrected chi connectivity index (χ4v) is 1.82. The Hall–Kier alpha value is -1.02. The minimum Gasteiger partial charge on any atom is -0.399 e. The number of nitrogen functional groups attached to an aromatic ring is 1. The highest BCUT2D eigenvalue weighted by atomic mass is 15.1. The Morgan fingerprint density at radius 2 is 1.93 bits per heavy atom. The van der Waals surface area contributed by atoms with E-state index in [4.69, 9.17) is 5.73 Å². The van der Waals surface area contributed by atoms with Crippen LogP contribution in [-0.2, 0) is 6.54 Å². The molecule has 2 nitrogen and oxygen atoms in total. The minimum atomic E-state index is 0.847. The molecular formula is C13H20N2. The fourth-order valence-electron chi connectivity index (χ4n) is 1.82. The first-order valence-corrected chi connectivity index (χ1v) is 5.77. The van der Waals surface area contributed by atoms with Crippen LogP contribution in [0.3, 0.4) is 0 Å². The van der Waals surface area contributed by atoms with E-state index in [1.165, 1.54) is 31.4 Å². The van der Waals surface area contributed by atoms with Gasteiger partial charge >= 0.3 is 0 Å². The van der Waals surface area contributed by atoms with Gasteiger partial charge in [-0.2, -0.15) is 0 Å². The van der Waals surface area contributed by atoms with Crippen LogP contribution in [0.15, 0.2) is 24.3 Å². The van der Waals surface area contributed by atoms with Crippen molar-refractivity contribution < 1.29 is 0 Å². The van der Waals surface area contributed by atoms with Gasteiger partial charge in [0.25, 0.3) is 0 Å². The molecule has 2 rings (SSSR count). The van der Waals surface area contributed by atoms with Crippen molar-refractivity contribution in [2.24, 2.45) is 5.92 Å². The van der Waals surface area contributed by atoms with Crippen LogP contribution in [0.4, 0.5) is 5.69 Å². The number of anilines is 1. The third-order valence-electron chi connectivity index (χ3n) is 3.05. The highest BCUT2D eigenvalue weighted by Gasteiger charge is 2.20. The van der Waals surface area contributed by atoms with Gasteiger partial charge in [-0.25, -0.2) is 0 Å². The van der Waals surface area contributed by atoms with Gasteiger partial charge < -0.3 is 10.6 Å². The van der Waals surface area contributed by atoms with Gasteiger partial charge in [-0.1, -0.05) is 25.0 Å². The lowest BCUT2D eigenvalue weighted by Crippen LogP contribution is -2.19. The molecule has 2 heteroatoms. The van der Waals surface area contributed by atoms with Gasteiger partial charge in [-0.05, 0) is 43.6 Å². The van der Waals surface area contributed by atoms with E-state index in [2.05, 4.69) is 24.1 Å². The summed E-state index contributed by atoms with van der Waals surface area (Å²) in [7, 11) is 2.19. The zero-order chi connectivity index (χ0) is 10.7. The molecule has 0 radical (unpaired) electrons. The van der Waals surface area contributed by atoms with Crippen LogP contribution in [0.2, 0.25) is 0 Å². The first-order valence-electron chi connectivity index (χ1n) is 5.77. The maximum Gasteiger partial charge on any atom is 0.0314 e. The smallest absolute Gasteiger partial charge is 0.0314 e. The van der Waals surface area contributed by atoms with E-state index in [-0.39, 0.29) is 0 Å². The summed E-state index contributed by atoms with van der Waals surface area (Å²) in [6.07, 6.45) is 4.27. The van der Waals surface area contributed by atoms with Crippen molar-refractivity contribution in [1.29, 1.82) is 0 Å². The van der Waals surface area contributed by atoms with Crippen molar-refractivity contribution in [3.63, 3.8) is 0 Å². The van der Waals surface area contributed by atoms with E-state index in [9.17, 15) is 0 Å². The second-order valence-electron chi connectivity index (χ2n) is 4.71. The van der Waals surface area contributed by atoms with Crippen LogP contribution < -0.4 is 5.73 Å².